The standard InChI is InChI=1S/C24H28N2O5/c25-13-16-4-3-15-12-18-23(27)5-6-24(29-10-11-30-24)21-22(23,19(15)20(16)31-21)7-8-26(18)14-17-2-1-9-28-17/h3-4,17-18,21,27H,1-2,5-12,14H2. The summed E-state index contributed by atoms with van der Waals surface area (Å²) in [5, 5.41) is 22.3. The second kappa shape index (κ2) is 6.21. The number of ether oxygens (including phenoxy) is 4. The molecule has 1 saturated carbocycles. The second-order valence-corrected chi connectivity index (χ2v) is 10.1. The van der Waals surface area contributed by atoms with E-state index in [2.05, 4.69) is 17.0 Å². The summed E-state index contributed by atoms with van der Waals surface area (Å²) in [5.74, 6) is -0.191. The van der Waals surface area contributed by atoms with Crippen molar-refractivity contribution in [3.05, 3.63) is 28.8 Å². The van der Waals surface area contributed by atoms with Gasteiger partial charge in [-0.1, -0.05) is 6.07 Å². The first-order valence-electron chi connectivity index (χ1n) is 11.7. The molecule has 7 nitrogen and oxygen atoms in total. The first kappa shape index (κ1) is 18.8. The fourth-order valence-corrected chi connectivity index (χ4v) is 7.73. The third-order valence-corrected chi connectivity index (χ3v) is 8.96. The van der Waals surface area contributed by atoms with Crippen molar-refractivity contribution in [2.45, 2.75) is 73.6 Å². The van der Waals surface area contributed by atoms with Crippen LogP contribution >= 0.6 is 0 Å². The van der Waals surface area contributed by atoms with Crippen LogP contribution in [0.3, 0.4) is 0 Å². The van der Waals surface area contributed by atoms with Gasteiger partial charge in [-0.15, -0.1) is 0 Å². The van der Waals surface area contributed by atoms with Gasteiger partial charge in [-0.2, -0.15) is 5.26 Å². The van der Waals surface area contributed by atoms with Crippen LogP contribution < -0.4 is 4.74 Å². The lowest BCUT2D eigenvalue weighted by molar-refractivity contribution is -0.297. The van der Waals surface area contributed by atoms with E-state index in [1.54, 1.807) is 0 Å². The van der Waals surface area contributed by atoms with Crippen LogP contribution in [0.2, 0.25) is 0 Å². The van der Waals surface area contributed by atoms with Gasteiger partial charge in [0.15, 0.2) is 6.10 Å². The Balaban J connectivity index is 1.40. The number of hydrogen-bond donors (Lipinski definition) is 1. The monoisotopic (exact) mass is 424 g/mol. The summed E-state index contributed by atoms with van der Waals surface area (Å²) in [4.78, 5) is 2.46. The molecule has 3 saturated heterocycles. The van der Waals surface area contributed by atoms with Crippen LogP contribution in [0, 0.1) is 11.3 Å². The van der Waals surface area contributed by atoms with Gasteiger partial charge in [-0.05, 0) is 50.3 Å². The maximum atomic E-state index is 12.5. The molecule has 1 aromatic rings. The van der Waals surface area contributed by atoms with Gasteiger partial charge in [0, 0.05) is 31.2 Å². The summed E-state index contributed by atoms with van der Waals surface area (Å²) in [6.45, 7) is 3.66. The summed E-state index contributed by atoms with van der Waals surface area (Å²) < 4.78 is 24.9. The molecule has 4 heterocycles. The van der Waals surface area contributed by atoms with Crippen LogP contribution in [0.1, 0.15) is 48.8 Å². The van der Waals surface area contributed by atoms with E-state index >= 15 is 0 Å². The maximum absolute atomic E-state index is 12.5. The van der Waals surface area contributed by atoms with E-state index < -0.39 is 22.9 Å². The molecule has 0 aromatic heterocycles. The predicted molar refractivity (Wildman–Crippen MR) is 109 cm³/mol. The summed E-state index contributed by atoms with van der Waals surface area (Å²) in [5.41, 5.74) is 1.23. The number of aliphatic hydroxyl groups is 1. The van der Waals surface area contributed by atoms with E-state index in [4.69, 9.17) is 18.9 Å². The second-order valence-electron chi connectivity index (χ2n) is 10.1. The largest absolute Gasteiger partial charge is 0.482 e. The van der Waals surface area contributed by atoms with E-state index in [-0.39, 0.29) is 12.1 Å². The quantitative estimate of drug-likeness (QED) is 0.773. The minimum absolute atomic E-state index is 0.00156. The van der Waals surface area contributed by atoms with E-state index in [1.165, 1.54) is 5.56 Å². The molecule has 5 unspecified atom stereocenters. The van der Waals surface area contributed by atoms with Gasteiger partial charge in [0.05, 0.1) is 35.9 Å². The van der Waals surface area contributed by atoms with Gasteiger partial charge < -0.3 is 24.1 Å². The predicted octanol–water partition coefficient (Wildman–Crippen LogP) is 1.63. The summed E-state index contributed by atoms with van der Waals surface area (Å²) in [7, 11) is 0. The Kier molecular flexibility index (Phi) is 3.77. The Hall–Kier alpha value is -1.69. The Morgan fingerprint density at radius 2 is 2.03 bits per heavy atom. The maximum Gasteiger partial charge on any atom is 0.207 e. The molecular weight excluding hydrogens is 396 g/mol. The highest BCUT2D eigenvalue weighted by Crippen LogP contribution is 2.67. The van der Waals surface area contributed by atoms with Gasteiger partial charge in [0.2, 0.25) is 5.79 Å². The molecule has 2 aliphatic carbocycles. The molecule has 4 aliphatic heterocycles. The first-order chi connectivity index (χ1) is 15.1. The molecule has 1 aromatic carbocycles. The number of nitrogens with zero attached hydrogens (tertiary/aromatic N) is 2. The van der Waals surface area contributed by atoms with Gasteiger partial charge in [0.25, 0.3) is 0 Å². The van der Waals surface area contributed by atoms with Crippen LogP contribution in [-0.4, -0.2) is 72.6 Å². The van der Waals surface area contributed by atoms with Gasteiger partial charge in [0.1, 0.15) is 11.8 Å². The Morgan fingerprint density at radius 3 is 2.81 bits per heavy atom. The number of likely N-dealkylation sites (tertiary alicyclic amines) is 1. The minimum Gasteiger partial charge on any atom is -0.482 e. The zero-order valence-corrected chi connectivity index (χ0v) is 17.6. The van der Waals surface area contributed by atoms with Crippen molar-refractivity contribution in [3.63, 3.8) is 0 Å². The topological polar surface area (TPSA) is 84.2 Å². The molecular formula is C24H28N2O5. The van der Waals surface area contributed by atoms with Gasteiger partial charge >= 0.3 is 0 Å². The molecule has 6 aliphatic rings. The Labute approximate surface area is 181 Å². The average Bonchev–Trinajstić information content (AvgIpc) is 3.51. The lowest BCUT2D eigenvalue weighted by atomic mass is 9.48. The number of benzene rings is 1. The summed E-state index contributed by atoms with van der Waals surface area (Å²) in [6, 6.07) is 6.25. The van der Waals surface area contributed by atoms with Crippen molar-refractivity contribution < 1.29 is 24.1 Å². The molecule has 0 amide bonds. The highest BCUT2D eigenvalue weighted by atomic mass is 16.8. The van der Waals surface area contributed by atoms with Crippen molar-refractivity contribution in [1.29, 1.82) is 5.26 Å². The molecule has 2 bridgehead atoms. The van der Waals surface area contributed by atoms with Crippen molar-refractivity contribution in [3.8, 4) is 11.8 Å². The molecule has 7 heteroatoms. The zero-order chi connectivity index (χ0) is 20.8. The lowest BCUT2D eigenvalue weighted by Crippen LogP contribution is -2.79. The number of hydrogen-bond acceptors (Lipinski definition) is 7. The summed E-state index contributed by atoms with van der Waals surface area (Å²) in [6.07, 6.45) is 4.77. The van der Waals surface area contributed by atoms with E-state index in [0.717, 1.165) is 50.9 Å². The number of fused-ring (bicyclic) bond motifs is 1. The first-order valence-corrected chi connectivity index (χ1v) is 11.7. The molecule has 164 valence electrons. The lowest BCUT2D eigenvalue weighted by Gasteiger charge is -2.65. The van der Waals surface area contributed by atoms with Crippen LogP contribution in [0.15, 0.2) is 12.1 Å². The van der Waals surface area contributed by atoms with Gasteiger partial charge in [-0.3, -0.25) is 4.90 Å². The van der Waals surface area contributed by atoms with E-state index in [9.17, 15) is 10.4 Å². The van der Waals surface area contributed by atoms with Gasteiger partial charge in [-0.25, -0.2) is 0 Å². The van der Waals surface area contributed by atoms with Crippen LogP contribution in [0.25, 0.3) is 0 Å². The third-order valence-electron chi connectivity index (χ3n) is 8.96. The molecule has 1 N–H and O–H groups in total. The van der Waals surface area contributed by atoms with Crippen LogP contribution in [0.4, 0.5) is 0 Å². The number of rotatable bonds is 2. The van der Waals surface area contributed by atoms with E-state index in [1.807, 2.05) is 6.07 Å². The van der Waals surface area contributed by atoms with Crippen molar-refractivity contribution in [2.75, 3.05) is 32.9 Å². The smallest absolute Gasteiger partial charge is 0.207 e. The fourth-order valence-electron chi connectivity index (χ4n) is 7.73. The Morgan fingerprint density at radius 1 is 1.16 bits per heavy atom. The van der Waals surface area contributed by atoms with Crippen molar-refractivity contribution in [2.24, 2.45) is 0 Å². The number of nitriles is 1. The third kappa shape index (κ3) is 2.16. The highest BCUT2D eigenvalue weighted by molar-refractivity contribution is 5.63. The molecule has 4 fully saturated rings. The van der Waals surface area contributed by atoms with E-state index in [0.29, 0.717) is 37.4 Å². The molecule has 2 spiro atoms. The molecule has 7 rings (SSSR count). The fraction of sp³-hybridized carbons (Fsp3) is 0.708. The number of piperidine rings is 1. The normalized spacial score (nSPS) is 41.7. The molecule has 31 heavy (non-hydrogen) atoms. The minimum atomic E-state index is -0.943. The zero-order valence-electron chi connectivity index (χ0n) is 17.6. The SMILES string of the molecule is N#Cc1ccc2c3c1OC1C4(CCC5(O)C(C2)N(CC2CCCO2)CCC315)OCCO4. The average molecular weight is 424 g/mol. The van der Waals surface area contributed by atoms with Crippen LogP contribution in [-0.2, 0) is 26.0 Å². The van der Waals surface area contributed by atoms with Crippen molar-refractivity contribution >= 4 is 0 Å². The Bertz CT molecular complexity index is 979. The highest BCUT2D eigenvalue weighted by Gasteiger charge is 2.77. The van der Waals surface area contributed by atoms with Crippen LogP contribution in [0.5, 0.6) is 5.75 Å². The molecule has 5 atom stereocenters. The molecule has 0 radical (unpaired) electrons. The summed E-state index contributed by atoms with van der Waals surface area (Å²) >= 11 is 0. The van der Waals surface area contributed by atoms with Crippen molar-refractivity contribution in [1.82, 2.24) is 4.90 Å².